The Bertz CT molecular complexity index is 1570. The number of benzene rings is 3. The molecule has 7 nitrogen and oxygen atoms in total. The van der Waals surface area contributed by atoms with E-state index in [1.54, 1.807) is 24.3 Å². The molecule has 3 aromatic rings. The first kappa shape index (κ1) is 22.1. The molecular weight excluding hydrogens is 492 g/mol. The van der Waals surface area contributed by atoms with Crippen LogP contribution in [0.25, 0.3) is 6.08 Å². The Morgan fingerprint density at radius 3 is 2.70 bits per heavy atom. The number of ketones is 2. The Balaban J connectivity index is 1.50. The van der Waals surface area contributed by atoms with Crippen molar-refractivity contribution in [2.45, 2.75) is 24.4 Å². The second kappa shape index (κ2) is 7.70. The smallest absolute Gasteiger partial charge is 0.238 e. The van der Waals surface area contributed by atoms with Gasteiger partial charge >= 0.3 is 0 Å². The highest BCUT2D eigenvalue weighted by atomic mass is 35.5. The van der Waals surface area contributed by atoms with E-state index in [4.69, 9.17) is 21.1 Å². The zero-order valence-corrected chi connectivity index (χ0v) is 20.5. The summed E-state index contributed by atoms with van der Waals surface area (Å²) in [5, 5.41) is 3.57. The lowest BCUT2D eigenvalue weighted by atomic mass is 9.64. The van der Waals surface area contributed by atoms with Gasteiger partial charge in [0.15, 0.2) is 23.1 Å². The van der Waals surface area contributed by atoms with Gasteiger partial charge in [0.25, 0.3) is 0 Å². The molecule has 3 aromatic carbocycles. The predicted molar refractivity (Wildman–Crippen MR) is 138 cm³/mol. The summed E-state index contributed by atoms with van der Waals surface area (Å²) in [4.78, 5) is 43.9. The highest BCUT2D eigenvalue weighted by molar-refractivity contribution is 6.31. The van der Waals surface area contributed by atoms with Crippen molar-refractivity contribution >= 4 is 46.5 Å². The van der Waals surface area contributed by atoms with E-state index < -0.39 is 23.4 Å². The molecule has 184 valence electrons. The van der Waals surface area contributed by atoms with Crippen LogP contribution in [0.2, 0.25) is 5.02 Å². The van der Waals surface area contributed by atoms with Crippen molar-refractivity contribution in [1.29, 1.82) is 0 Å². The lowest BCUT2D eigenvalue weighted by molar-refractivity contribution is -0.122. The average Bonchev–Trinajstić information content (AvgIpc) is 3.56. The van der Waals surface area contributed by atoms with E-state index in [0.717, 1.165) is 11.3 Å². The van der Waals surface area contributed by atoms with Crippen LogP contribution in [0.15, 0.2) is 66.7 Å². The minimum absolute atomic E-state index is 0.0756. The van der Waals surface area contributed by atoms with Crippen molar-refractivity contribution in [2.75, 3.05) is 17.0 Å². The number of hydrogen-bond acceptors (Lipinski definition) is 6. The van der Waals surface area contributed by atoms with Gasteiger partial charge in [-0.1, -0.05) is 42.0 Å². The summed E-state index contributed by atoms with van der Waals surface area (Å²) in [6.07, 6.45) is 3.84. The van der Waals surface area contributed by atoms with Crippen molar-refractivity contribution in [1.82, 2.24) is 0 Å². The van der Waals surface area contributed by atoms with Crippen LogP contribution in [0.4, 0.5) is 11.4 Å². The predicted octanol–water partition coefficient (Wildman–Crippen LogP) is 4.63. The zero-order chi connectivity index (χ0) is 25.5. The van der Waals surface area contributed by atoms with Crippen molar-refractivity contribution < 1.29 is 23.9 Å². The molecule has 0 aromatic heterocycles. The summed E-state index contributed by atoms with van der Waals surface area (Å²) in [5.41, 5.74) is 1.98. The van der Waals surface area contributed by atoms with Crippen LogP contribution in [0.5, 0.6) is 11.5 Å². The number of hydrogen-bond donors (Lipinski definition) is 1. The van der Waals surface area contributed by atoms with E-state index in [1.165, 1.54) is 6.92 Å². The van der Waals surface area contributed by atoms with E-state index in [1.807, 2.05) is 53.5 Å². The Hall–Kier alpha value is -4.10. The maximum absolute atomic E-state index is 14.5. The van der Waals surface area contributed by atoms with Gasteiger partial charge in [0.05, 0.1) is 18.0 Å². The van der Waals surface area contributed by atoms with Gasteiger partial charge in [-0.2, -0.15) is 0 Å². The highest BCUT2D eigenvalue weighted by Crippen LogP contribution is 2.58. The number of fused-ring (bicyclic) bond motifs is 7. The lowest BCUT2D eigenvalue weighted by Gasteiger charge is -2.37. The van der Waals surface area contributed by atoms with Gasteiger partial charge in [0, 0.05) is 22.0 Å². The summed E-state index contributed by atoms with van der Waals surface area (Å²) in [5.74, 6) is -0.779. The average molecular weight is 513 g/mol. The molecule has 8 heteroatoms. The van der Waals surface area contributed by atoms with Crippen molar-refractivity contribution in [3.63, 3.8) is 0 Å². The normalized spacial score (nSPS) is 26.1. The van der Waals surface area contributed by atoms with Gasteiger partial charge in [-0.25, -0.2) is 0 Å². The SMILES string of the molecule is CC(=O)[C@@H]1[C@H](C(=O)c2ccc3c(c2)OCO3)[C@]2(C(=O)Nc3ccccc32)[C@@H]2C=Cc3cc(Cl)ccc3N12. The number of anilines is 2. The van der Waals surface area contributed by atoms with Gasteiger partial charge in [0.1, 0.15) is 5.41 Å². The summed E-state index contributed by atoms with van der Waals surface area (Å²) < 4.78 is 10.9. The van der Waals surface area contributed by atoms with Crippen LogP contribution in [-0.2, 0) is 15.0 Å². The van der Waals surface area contributed by atoms with E-state index in [0.29, 0.717) is 33.3 Å². The Morgan fingerprint density at radius 1 is 1.05 bits per heavy atom. The largest absolute Gasteiger partial charge is 0.454 e. The fraction of sp³-hybridized carbons (Fsp3) is 0.207. The van der Waals surface area contributed by atoms with Crippen LogP contribution in [0.1, 0.15) is 28.4 Å². The molecule has 0 bridgehead atoms. The van der Waals surface area contributed by atoms with E-state index in [-0.39, 0.29) is 24.3 Å². The van der Waals surface area contributed by atoms with E-state index in [2.05, 4.69) is 5.32 Å². The third-order valence-electron chi connectivity index (χ3n) is 7.95. The van der Waals surface area contributed by atoms with Crippen molar-refractivity contribution in [3.05, 3.63) is 88.5 Å². The number of ether oxygens (including phenoxy) is 2. The fourth-order valence-corrected chi connectivity index (χ4v) is 6.71. The quantitative estimate of drug-likeness (QED) is 0.515. The molecule has 4 heterocycles. The molecule has 0 aliphatic carbocycles. The third kappa shape index (κ3) is 2.86. The van der Waals surface area contributed by atoms with E-state index >= 15 is 0 Å². The number of halogens is 1. The molecule has 1 amide bonds. The van der Waals surface area contributed by atoms with Crippen LogP contribution in [-0.4, -0.2) is 36.4 Å². The second-order valence-corrected chi connectivity index (χ2v) is 10.2. The number of amides is 1. The lowest BCUT2D eigenvalue weighted by Crippen LogP contribution is -2.51. The van der Waals surface area contributed by atoms with Gasteiger partial charge in [-0.15, -0.1) is 0 Å². The standard InChI is InChI=1S/C29H21ClN2O5/c1-15(33)26-25(27(34)17-6-10-22-23(13-17)37-14-36-22)29(19-4-2-3-5-20(19)31-28(29)35)24-11-7-16-12-18(30)8-9-21(16)32(24)26/h2-13,24-26H,14H2,1H3,(H,31,35)/t24-,25+,26+,29+/m0/s1. The molecule has 1 fully saturated rings. The molecule has 1 saturated heterocycles. The minimum Gasteiger partial charge on any atom is -0.454 e. The maximum Gasteiger partial charge on any atom is 0.238 e. The maximum atomic E-state index is 14.5. The number of carbonyl (C=O) groups excluding carboxylic acids is 3. The topological polar surface area (TPSA) is 84.9 Å². The summed E-state index contributed by atoms with van der Waals surface area (Å²) in [6.45, 7) is 1.56. The molecule has 4 aliphatic heterocycles. The van der Waals surface area contributed by atoms with Crippen LogP contribution >= 0.6 is 11.6 Å². The summed E-state index contributed by atoms with van der Waals surface area (Å²) >= 11 is 6.28. The van der Waals surface area contributed by atoms with Gasteiger partial charge < -0.3 is 19.7 Å². The number of Topliss-reactive ketones (excluding diaryl/α,β-unsaturated/α-hetero) is 2. The van der Waals surface area contributed by atoms with Crippen molar-refractivity contribution in [3.8, 4) is 11.5 Å². The van der Waals surface area contributed by atoms with Gasteiger partial charge in [-0.3, -0.25) is 14.4 Å². The first-order valence-electron chi connectivity index (χ1n) is 12.0. The van der Waals surface area contributed by atoms with E-state index in [9.17, 15) is 14.4 Å². The van der Waals surface area contributed by atoms with Gasteiger partial charge in [-0.05, 0) is 60.5 Å². The number of nitrogens with zero attached hydrogens (tertiary/aromatic N) is 1. The molecule has 0 unspecified atom stereocenters. The number of nitrogens with one attached hydrogen (secondary N) is 1. The Labute approximate surface area is 217 Å². The molecular formula is C29H21ClN2O5. The molecule has 1 N–H and O–H groups in total. The van der Waals surface area contributed by atoms with Crippen LogP contribution in [0.3, 0.4) is 0 Å². The molecule has 37 heavy (non-hydrogen) atoms. The third-order valence-corrected chi connectivity index (χ3v) is 8.19. The first-order valence-corrected chi connectivity index (χ1v) is 12.4. The van der Waals surface area contributed by atoms with Crippen LogP contribution < -0.4 is 19.7 Å². The van der Waals surface area contributed by atoms with Gasteiger partial charge in [0.2, 0.25) is 12.7 Å². The monoisotopic (exact) mass is 512 g/mol. The second-order valence-electron chi connectivity index (χ2n) is 9.75. The highest BCUT2D eigenvalue weighted by Gasteiger charge is 2.69. The number of para-hydroxylation sites is 1. The minimum atomic E-state index is -1.33. The summed E-state index contributed by atoms with van der Waals surface area (Å²) in [7, 11) is 0. The number of rotatable bonds is 3. The van der Waals surface area contributed by atoms with Crippen molar-refractivity contribution in [2.24, 2.45) is 5.92 Å². The zero-order valence-electron chi connectivity index (χ0n) is 19.7. The Kier molecular flexibility index (Phi) is 4.60. The molecule has 7 rings (SSSR count). The van der Waals surface area contributed by atoms with Crippen LogP contribution in [0, 0.1) is 5.92 Å². The molecule has 1 spiro atoms. The fourth-order valence-electron chi connectivity index (χ4n) is 6.53. The number of carbonyl (C=O) groups is 3. The first-order chi connectivity index (χ1) is 17.9. The molecule has 0 saturated carbocycles. The summed E-state index contributed by atoms with van der Waals surface area (Å²) in [6, 6.07) is 16.4. The Morgan fingerprint density at radius 2 is 1.86 bits per heavy atom. The molecule has 0 radical (unpaired) electrons. The molecule has 4 atom stereocenters. The molecule has 4 aliphatic rings.